The van der Waals surface area contributed by atoms with E-state index >= 15 is 0 Å². The smallest absolute Gasteiger partial charge is 0.228 e. The number of thiazole rings is 1. The fourth-order valence-corrected chi connectivity index (χ4v) is 4.04. The fourth-order valence-electron chi connectivity index (χ4n) is 3.21. The Hall–Kier alpha value is -1.14. The van der Waals surface area contributed by atoms with E-state index in [1.54, 1.807) is 11.3 Å². The van der Waals surface area contributed by atoms with Crippen LogP contribution in [0.5, 0.6) is 0 Å². The molecule has 1 saturated heterocycles. The molecule has 144 valence electrons. The molecular weight excluding hydrogens is 389 g/mol. The van der Waals surface area contributed by atoms with Crippen molar-refractivity contribution < 1.29 is 4.79 Å². The van der Waals surface area contributed by atoms with Crippen LogP contribution in [0.3, 0.4) is 0 Å². The Kier molecular flexibility index (Phi) is 9.58. The van der Waals surface area contributed by atoms with Gasteiger partial charge in [-0.25, -0.2) is 4.98 Å². The minimum atomic E-state index is 0. The molecule has 2 unspecified atom stereocenters. The molecule has 2 heterocycles. The van der Waals surface area contributed by atoms with Crippen LogP contribution in [0.25, 0.3) is 0 Å². The van der Waals surface area contributed by atoms with Gasteiger partial charge in [-0.05, 0) is 31.2 Å². The normalized spacial score (nSPS) is 17.8. The molecule has 4 nitrogen and oxygen atoms in total. The first-order valence-corrected chi connectivity index (χ1v) is 9.50. The Morgan fingerprint density at radius 1 is 1.35 bits per heavy atom. The second kappa shape index (κ2) is 10.9. The molecule has 3 rings (SSSR count). The zero-order valence-electron chi connectivity index (χ0n) is 15.0. The molecule has 7 heteroatoms. The third-order valence-electron chi connectivity index (χ3n) is 4.68. The van der Waals surface area contributed by atoms with Gasteiger partial charge in [-0.1, -0.05) is 30.3 Å². The van der Waals surface area contributed by atoms with Gasteiger partial charge >= 0.3 is 0 Å². The number of rotatable bonds is 5. The van der Waals surface area contributed by atoms with Crippen LogP contribution in [0.1, 0.15) is 36.0 Å². The molecule has 1 aliphatic rings. The zero-order valence-corrected chi connectivity index (χ0v) is 17.4. The topological polar surface area (TPSA) is 59.2 Å². The van der Waals surface area contributed by atoms with Crippen molar-refractivity contribution in [2.24, 2.45) is 11.7 Å². The molecule has 2 N–H and O–H groups in total. The van der Waals surface area contributed by atoms with Crippen LogP contribution in [0.4, 0.5) is 0 Å². The first kappa shape index (κ1) is 22.9. The molecule has 1 aliphatic heterocycles. The average molecular weight is 416 g/mol. The summed E-state index contributed by atoms with van der Waals surface area (Å²) in [4.78, 5) is 19.2. The summed E-state index contributed by atoms with van der Waals surface area (Å²) in [5.74, 6) is 0.601. The molecule has 0 spiro atoms. The summed E-state index contributed by atoms with van der Waals surface area (Å²) in [5, 5.41) is 3.08. The number of nitrogens with two attached hydrogens (primary N) is 1. The summed E-state index contributed by atoms with van der Waals surface area (Å²) < 4.78 is 0. The molecule has 2 aromatic rings. The highest BCUT2D eigenvalue weighted by atomic mass is 35.5. The van der Waals surface area contributed by atoms with E-state index < -0.39 is 0 Å². The third-order valence-corrected chi connectivity index (χ3v) is 5.58. The zero-order chi connectivity index (χ0) is 16.9. The lowest BCUT2D eigenvalue weighted by Gasteiger charge is -2.34. The van der Waals surface area contributed by atoms with Crippen molar-refractivity contribution in [1.82, 2.24) is 9.88 Å². The summed E-state index contributed by atoms with van der Waals surface area (Å²) in [6, 6.07) is 10.5. The molecule has 0 saturated carbocycles. The summed E-state index contributed by atoms with van der Waals surface area (Å²) in [7, 11) is 0. The van der Waals surface area contributed by atoms with Crippen LogP contribution in [0.15, 0.2) is 35.7 Å². The Balaban J connectivity index is 0.00000169. The van der Waals surface area contributed by atoms with Gasteiger partial charge in [0.25, 0.3) is 0 Å². The van der Waals surface area contributed by atoms with Crippen LogP contribution in [0, 0.1) is 5.92 Å². The van der Waals surface area contributed by atoms with Crippen molar-refractivity contribution in [2.75, 3.05) is 13.1 Å². The monoisotopic (exact) mass is 415 g/mol. The van der Waals surface area contributed by atoms with Crippen LogP contribution >= 0.6 is 36.2 Å². The molecule has 26 heavy (non-hydrogen) atoms. The SMILES string of the molecule is CC(N)C1CCCN(C(=O)Cc2csc(Cc3ccccc3)n2)C1.Cl.Cl. The third kappa shape index (κ3) is 6.23. The van der Waals surface area contributed by atoms with E-state index in [0.29, 0.717) is 12.3 Å². The van der Waals surface area contributed by atoms with Gasteiger partial charge in [-0.2, -0.15) is 0 Å². The van der Waals surface area contributed by atoms with E-state index in [4.69, 9.17) is 5.73 Å². The first-order valence-electron chi connectivity index (χ1n) is 8.62. The van der Waals surface area contributed by atoms with E-state index in [-0.39, 0.29) is 36.8 Å². The predicted octanol–water partition coefficient (Wildman–Crippen LogP) is 3.71. The standard InChI is InChI=1S/C19H25N3OS.2ClH/c1-14(20)16-8-5-9-22(12-16)19(23)11-17-13-24-18(21-17)10-15-6-3-2-4-7-15;;/h2-4,6-7,13-14,16H,5,8-12,20H2,1H3;2*1H. The molecule has 1 aromatic carbocycles. The van der Waals surface area contributed by atoms with Gasteiger partial charge in [0.1, 0.15) is 0 Å². The summed E-state index contributed by atoms with van der Waals surface area (Å²) in [6.07, 6.45) is 3.40. The molecule has 1 aromatic heterocycles. The fraction of sp³-hybridized carbons (Fsp3) is 0.474. The van der Waals surface area contributed by atoms with Crippen molar-refractivity contribution in [3.05, 3.63) is 52.0 Å². The van der Waals surface area contributed by atoms with E-state index in [1.807, 2.05) is 35.4 Å². The van der Waals surface area contributed by atoms with Crippen LogP contribution in [-0.2, 0) is 17.6 Å². The van der Waals surface area contributed by atoms with E-state index in [1.165, 1.54) is 5.56 Å². The number of nitrogens with zero attached hydrogens (tertiary/aromatic N) is 2. The number of hydrogen-bond donors (Lipinski definition) is 1. The van der Waals surface area contributed by atoms with Gasteiger partial charge < -0.3 is 10.6 Å². The van der Waals surface area contributed by atoms with Crippen molar-refractivity contribution in [2.45, 2.75) is 38.6 Å². The summed E-state index contributed by atoms with van der Waals surface area (Å²) in [6.45, 7) is 3.68. The molecule has 2 atom stereocenters. The number of amides is 1. The minimum Gasteiger partial charge on any atom is -0.342 e. The van der Waals surface area contributed by atoms with E-state index in [9.17, 15) is 4.79 Å². The van der Waals surface area contributed by atoms with Crippen molar-refractivity contribution in [3.63, 3.8) is 0 Å². The molecule has 0 bridgehead atoms. The van der Waals surface area contributed by atoms with Gasteiger partial charge in [-0.15, -0.1) is 36.2 Å². The Labute approximate surface area is 172 Å². The van der Waals surface area contributed by atoms with Crippen molar-refractivity contribution in [1.29, 1.82) is 0 Å². The van der Waals surface area contributed by atoms with Crippen LogP contribution in [0.2, 0.25) is 0 Å². The van der Waals surface area contributed by atoms with Crippen LogP contribution < -0.4 is 5.73 Å². The number of aromatic nitrogens is 1. The Morgan fingerprint density at radius 3 is 2.77 bits per heavy atom. The lowest BCUT2D eigenvalue weighted by atomic mass is 9.92. The summed E-state index contributed by atoms with van der Waals surface area (Å²) in [5.41, 5.74) is 8.15. The van der Waals surface area contributed by atoms with Gasteiger partial charge in [-0.3, -0.25) is 4.79 Å². The predicted molar refractivity (Wildman–Crippen MR) is 113 cm³/mol. The number of halogens is 2. The highest BCUT2D eigenvalue weighted by Crippen LogP contribution is 2.20. The van der Waals surface area contributed by atoms with Crippen molar-refractivity contribution in [3.8, 4) is 0 Å². The van der Waals surface area contributed by atoms with Gasteiger partial charge in [0.05, 0.1) is 17.1 Å². The Morgan fingerprint density at radius 2 is 2.08 bits per heavy atom. The molecule has 0 radical (unpaired) electrons. The van der Waals surface area contributed by atoms with Crippen molar-refractivity contribution >= 4 is 42.1 Å². The number of carbonyl (C=O) groups is 1. The average Bonchev–Trinajstić information content (AvgIpc) is 3.02. The number of carbonyl (C=O) groups excluding carboxylic acids is 1. The minimum absolute atomic E-state index is 0. The van der Waals surface area contributed by atoms with Crippen LogP contribution in [-0.4, -0.2) is 34.9 Å². The number of hydrogen-bond acceptors (Lipinski definition) is 4. The van der Waals surface area contributed by atoms with E-state index in [0.717, 1.165) is 43.1 Å². The highest BCUT2D eigenvalue weighted by molar-refractivity contribution is 7.09. The second-order valence-electron chi connectivity index (χ2n) is 6.67. The maximum Gasteiger partial charge on any atom is 0.228 e. The number of likely N-dealkylation sites (tertiary alicyclic amines) is 1. The molecule has 1 fully saturated rings. The number of benzene rings is 1. The quantitative estimate of drug-likeness (QED) is 0.809. The largest absolute Gasteiger partial charge is 0.342 e. The summed E-state index contributed by atoms with van der Waals surface area (Å²) >= 11 is 1.64. The lowest BCUT2D eigenvalue weighted by molar-refractivity contribution is -0.132. The Bertz CT molecular complexity index is 678. The maximum atomic E-state index is 12.6. The first-order chi connectivity index (χ1) is 11.6. The molecular formula is C19H27Cl2N3OS. The van der Waals surface area contributed by atoms with Gasteiger partial charge in [0.15, 0.2) is 0 Å². The molecule has 0 aliphatic carbocycles. The highest BCUT2D eigenvalue weighted by Gasteiger charge is 2.26. The van der Waals surface area contributed by atoms with Gasteiger partial charge in [0.2, 0.25) is 5.91 Å². The lowest BCUT2D eigenvalue weighted by Crippen LogP contribution is -2.45. The maximum absolute atomic E-state index is 12.6. The number of piperidine rings is 1. The second-order valence-corrected chi connectivity index (χ2v) is 7.62. The van der Waals surface area contributed by atoms with E-state index in [2.05, 4.69) is 17.1 Å². The van der Waals surface area contributed by atoms with Gasteiger partial charge in [0, 0.05) is 30.9 Å². The molecule has 1 amide bonds.